The molecule has 1 aromatic carbocycles. The van der Waals surface area contributed by atoms with E-state index in [1.807, 2.05) is 0 Å². The van der Waals surface area contributed by atoms with Gasteiger partial charge in [0.15, 0.2) is 0 Å². The number of carbonyl (C=O) groups is 2. The van der Waals surface area contributed by atoms with Crippen LogP contribution in [0.4, 0.5) is 19.1 Å². The highest BCUT2D eigenvalue weighted by Crippen LogP contribution is 2.29. The summed E-state index contributed by atoms with van der Waals surface area (Å²) in [4.78, 5) is 35.1. The topological polar surface area (TPSA) is 132 Å². The number of halogens is 3. The number of piperidine rings is 1. The number of primary amides is 1. The number of anilines is 1. The summed E-state index contributed by atoms with van der Waals surface area (Å²) >= 11 is 0. The summed E-state index contributed by atoms with van der Waals surface area (Å²) in [5.74, 6) is -0.492. The summed E-state index contributed by atoms with van der Waals surface area (Å²) in [7, 11) is 1.71. The predicted molar refractivity (Wildman–Crippen MR) is 122 cm³/mol. The standard InChI is InChI=1S/C22H25F3N8O3/c1-31(16-4-6-32(7-5-16)21-27-11-15(12-28-21)22(23,24)25)19(34)13-36-9-8-33-18-10-14(20(26)35)2-3-17(18)29-30-33/h2-3,10-12,16H,4-9,13H2,1H3,(H2,26,35). The summed E-state index contributed by atoms with van der Waals surface area (Å²) < 4.78 is 45.2. The van der Waals surface area contributed by atoms with E-state index in [-0.39, 0.29) is 31.1 Å². The minimum atomic E-state index is -4.48. The highest BCUT2D eigenvalue weighted by Gasteiger charge is 2.32. The minimum Gasteiger partial charge on any atom is -0.370 e. The van der Waals surface area contributed by atoms with Crippen LogP contribution in [-0.4, -0.2) is 81.1 Å². The molecule has 3 aromatic rings. The molecule has 1 fully saturated rings. The molecule has 0 aliphatic carbocycles. The van der Waals surface area contributed by atoms with Crippen LogP contribution in [0, 0.1) is 0 Å². The highest BCUT2D eigenvalue weighted by atomic mass is 19.4. The average molecular weight is 506 g/mol. The zero-order valence-electron chi connectivity index (χ0n) is 19.5. The normalized spacial score (nSPS) is 14.8. The monoisotopic (exact) mass is 506 g/mol. The molecule has 2 aromatic heterocycles. The van der Waals surface area contributed by atoms with Crippen molar-refractivity contribution in [3.05, 3.63) is 41.7 Å². The van der Waals surface area contributed by atoms with Gasteiger partial charge in [-0.05, 0) is 31.0 Å². The van der Waals surface area contributed by atoms with E-state index in [2.05, 4.69) is 20.3 Å². The quantitative estimate of drug-likeness (QED) is 0.455. The lowest BCUT2D eigenvalue weighted by atomic mass is 10.0. The third-order valence-corrected chi connectivity index (χ3v) is 6.13. The number of aromatic nitrogens is 5. The van der Waals surface area contributed by atoms with Crippen molar-refractivity contribution in [1.29, 1.82) is 0 Å². The second kappa shape index (κ2) is 10.4. The molecule has 0 unspecified atom stereocenters. The first-order valence-electron chi connectivity index (χ1n) is 11.2. The molecule has 0 spiro atoms. The molecule has 1 aliphatic heterocycles. The maximum Gasteiger partial charge on any atom is 0.419 e. The Morgan fingerprint density at radius 1 is 1.19 bits per heavy atom. The van der Waals surface area contributed by atoms with Gasteiger partial charge in [0, 0.05) is 44.1 Å². The number of rotatable bonds is 8. The Hall–Kier alpha value is -3.81. The predicted octanol–water partition coefficient (Wildman–Crippen LogP) is 1.48. The Labute approximate surface area is 204 Å². The van der Waals surface area contributed by atoms with Gasteiger partial charge in [0.05, 0.1) is 24.2 Å². The van der Waals surface area contributed by atoms with Crippen molar-refractivity contribution >= 4 is 28.8 Å². The van der Waals surface area contributed by atoms with Crippen molar-refractivity contribution in [2.45, 2.75) is 31.6 Å². The van der Waals surface area contributed by atoms with E-state index in [1.54, 1.807) is 39.7 Å². The van der Waals surface area contributed by atoms with Crippen LogP contribution in [0.3, 0.4) is 0 Å². The average Bonchev–Trinajstić information content (AvgIpc) is 3.28. The summed E-state index contributed by atoms with van der Waals surface area (Å²) in [6.07, 6.45) is -1.67. The Bertz CT molecular complexity index is 1220. The van der Waals surface area contributed by atoms with Gasteiger partial charge in [-0.15, -0.1) is 5.10 Å². The first kappa shape index (κ1) is 25.3. The molecular weight excluding hydrogens is 481 g/mol. The number of benzene rings is 1. The summed E-state index contributed by atoms with van der Waals surface area (Å²) in [6, 6.07) is 4.82. The van der Waals surface area contributed by atoms with Gasteiger partial charge in [-0.1, -0.05) is 5.21 Å². The van der Waals surface area contributed by atoms with Crippen molar-refractivity contribution in [3.8, 4) is 0 Å². The summed E-state index contributed by atoms with van der Waals surface area (Å²) in [6.45, 7) is 1.46. The lowest BCUT2D eigenvalue weighted by Gasteiger charge is -2.36. The molecule has 0 bridgehead atoms. The fraction of sp³-hybridized carbons (Fsp3) is 0.455. The molecule has 192 valence electrons. The SMILES string of the molecule is CN(C(=O)COCCn1nnc2ccc(C(N)=O)cc21)C1CCN(c2ncc(C(F)(F)F)cn2)CC1. The van der Waals surface area contributed by atoms with Gasteiger partial charge >= 0.3 is 6.18 Å². The van der Waals surface area contributed by atoms with E-state index in [0.717, 1.165) is 12.4 Å². The molecule has 1 saturated heterocycles. The zero-order chi connectivity index (χ0) is 25.9. The van der Waals surface area contributed by atoms with Gasteiger partial charge in [0.25, 0.3) is 0 Å². The molecule has 14 heteroatoms. The number of hydrogen-bond donors (Lipinski definition) is 1. The van der Waals surface area contributed by atoms with E-state index in [4.69, 9.17) is 10.5 Å². The number of carbonyl (C=O) groups excluding carboxylic acids is 2. The van der Waals surface area contributed by atoms with E-state index >= 15 is 0 Å². The largest absolute Gasteiger partial charge is 0.419 e. The molecule has 4 rings (SSSR count). The maximum atomic E-state index is 12.7. The van der Waals surface area contributed by atoms with E-state index < -0.39 is 17.6 Å². The third kappa shape index (κ3) is 5.70. The first-order valence-corrected chi connectivity index (χ1v) is 11.2. The maximum absolute atomic E-state index is 12.7. The van der Waals surface area contributed by atoms with Crippen molar-refractivity contribution in [2.75, 3.05) is 38.3 Å². The van der Waals surface area contributed by atoms with Crippen LogP contribution < -0.4 is 10.6 Å². The number of hydrogen-bond acceptors (Lipinski definition) is 8. The molecule has 2 N–H and O–H groups in total. The van der Waals surface area contributed by atoms with Gasteiger partial charge in [0.2, 0.25) is 17.8 Å². The molecule has 11 nitrogen and oxygen atoms in total. The van der Waals surface area contributed by atoms with Gasteiger partial charge in [-0.3, -0.25) is 9.59 Å². The van der Waals surface area contributed by atoms with Crippen LogP contribution in [0.2, 0.25) is 0 Å². The van der Waals surface area contributed by atoms with Crippen LogP contribution in [0.25, 0.3) is 11.0 Å². The van der Waals surface area contributed by atoms with Crippen molar-refractivity contribution in [2.24, 2.45) is 5.73 Å². The van der Waals surface area contributed by atoms with Crippen molar-refractivity contribution < 1.29 is 27.5 Å². The number of likely N-dealkylation sites (N-methyl/N-ethyl adjacent to an activating group) is 1. The number of ether oxygens (including phenoxy) is 1. The zero-order valence-corrected chi connectivity index (χ0v) is 19.5. The molecular formula is C22H25F3N8O3. The van der Waals surface area contributed by atoms with Crippen LogP contribution in [0.1, 0.15) is 28.8 Å². The number of amides is 2. The molecule has 0 saturated carbocycles. The van der Waals surface area contributed by atoms with Gasteiger partial charge < -0.3 is 20.3 Å². The van der Waals surface area contributed by atoms with Crippen LogP contribution in [-0.2, 0) is 22.3 Å². The summed E-state index contributed by atoms with van der Waals surface area (Å²) in [5.41, 5.74) is 6.04. The minimum absolute atomic E-state index is 0.0294. The number of fused-ring (bicyclic) bond motifs is 1. The number of alkyl halides is 3. The Morgan fingerprint density at radius 3 is 2.53 bits per heavy atom. The Balaban J connectivity index is 1.22. The Kier molecular flexibility index (Phi) is 7.33. The van der Waals surface area contributed by atoms with Crippen molar-refractivity contribution in [3.63, 3.8) is 0 Å². The van der Waals surface area contributed by atoms with Crippen LogP contribution >= 0.6 is 0 Å². The van der Waals surface area contributed by atoms with E-state index in [1.165, 1.54) is 0 Å². The number of nitrogens with two attached hydrogens (primary N) is 1. The van der Waals surface area contributed by atoms with Gasteiger partial charge in [-0.25, -0.2) is 14.6 Å². The van der Waals surface area contributed by atoms with Crippen LogP contribution in [0.5, 0.6) is 0 Å². The molecule has 36 heavy (non-hydrogen) atoms. The lowest BCUT2D eigenvalue weighted by molar-refractivity contribution is -0.138. The fourth-order valence-corrected chi connectivity index (χ4v) is 3.98. The van der Waals surface area contributed by atoms with E-state index in [9.17, 15) is 22.8 Å². The van der Waals surface area contributed by atoms with E-state index in [0.29, 0.717) is 49.1 Å². The van der Waals surface area contributed by atoms with Crippen LogP contribution in [0.15, 0.2) is 30.6 Å². The second-order valence-corrected chi connectivity index (χ2v) is 8.43. The fourth-order valence-electron chi connectivity index (χ4n) is 3.98. The second-order valence-electron chi connectivity index (χ2n) is 8.43. The van der Waals surface area contributed by atoms with Gasteiger partial charge in [0.1, 0.15) is 12.1 Å². The lowest BCUT2D eigenvalue weighted by Crippen LogP contribution is -2.47. The van der Waals surface area contributed by atoms with Crippen molar-refractivity contribution in [1.82, 2.24) is 29.9 Å². The number of nitrogens with zero attached hydrogens (tertiary/aromatic N) is 7. The highest BCUT2D eigenvalue weighted by molar-refractivity contribution is 5.96. The molecule has 0 radical (unpaired) electrons. The molecule has 0 atom stereocenters. The first-order chi connectivity index (χ1) is 17.1. The summed E-state index contributed by atoms with van der Waals surface area (Å²) in [5, 5.41) is 8.07. The smallest absolute Gasteiger partial charge is 0.370 e. The third-order valence-electron chi connectivity index (χ3n) is 6.13. The molecule has 1 aliphatic rings. The Morgan fingerprint density at radius 2 is 1.89 bits per heavy atom. The van der Waals surface area contributed by atoms with Gasteiger partial charge in [-0.2, -0.15) is 13.2 Å². The molecule has 2 amide bonds. The molecule has 3 heterocycles.